The number of carbonyl (C=O) groups excluding carboxylic acids is 1. The van der Waals surface area contributed by atoms with Crippen molar-refractivity contribution in [1.82, 2.24) is 20.6 Å². The van der Waals surface area contributed by atoms with Crippen LogP contribution in [0.15, 0.2) is 37.4 Å². The molecule has 5 N–H and O–H groups in total. The zero-order valence-corrected chi connectivity index (χ0v) is 13.8. The molecule has 1 heterocycles. The molecule has 1 aromatic carbocycles. The van der Waals surface area contributed by atoms with Gasteiger partial charge < -0.3 is 10.4 Å². The van der Waals surface area contributed by atoms with E-state index in [-0.39, 0.29) is 24.5 Å². The number of hydrazone groups is 1. The lowest BCUT2D eigenvalue weighted by Crippen LogP contribution is -2.28. The highest BCUT2D eigenvalue weighted by Gasteiger charge is 2.04. The molecule has 0 radical (unpaired) electrons. The van der Waals surface area contributed by atoms with Gasteiger partial charge in [0.15, 0.2) is 0 Å². The fraction of sp³-hybridized carbons (Fsp3) is 0.154. The molecule has 0 aliphatic carbocycles. The second-order valence-corrected chi connectivity index (χ2v) is 5.44. The van der Waals surface area contributed by atoms with Gasteiger partial charge in [0.25, 0.3) is 5.56 Å². The van der Waals surface area contributed by atoms with Crippen LogP contribution in [0.5, 0.6) is 5.75 Å². The number of aromatic hydroxyl groups is 1. The van der Waals surface area contributed by atoms with E-state index in [1.807, 2.05) is 4.98 Å². The van der Waals surface area contributed by atoms with Crippen LogP contribution in [0.25, 0.3) is 0 Å². The van der Waals surface area contributed by atoms with E-state index in [4.69, 9.17) is 0 Å². The molecule has 1 aromatic heterocycles. The summed E-state index contributed by atoms with van der Waals surface area (Å²) in [5, 5.41) is 21.5. The van der Waals surface area contributed by atoms with Crippen LogP contribution in [0, 0.1) is 0 Å². The molecule has 1 amide bonds. The Balaban J connectivity index is 1.81. The van der Waals surface area contributed by atoms with Crippen molar-refractivity contribution >= 4 is 33.9 Å². The zero-order valence-electron chi connectivity index (χ0n) is 12.2. The number of aromatic nitrogens is 3. The first-order valence-corrected chi connectivity index (χ1v) is 7.48. The Hall–Kier alpha value is -2.95. The van der Waals surface area contributed by atoms with Gasteiger partial charge in [-0.3, -0.25) is 14.6 Å². The van der Waals surface area contributed by atoms with E-state index in [2.05, 4.69) is 42.0 Å². The maximum Gasteiger partial charge on any atom is 0.342 e. The van der Waals surface area contributed by atoms with Gasteiger partial charge in [0.1, 0.15) is 5.75 Å². The topological polar surface area (TPSA) is 152 Å². The summed E-state index contributed by atoms with van der Waals surface area (Å²) < 4.78 is 0.760. The zero-order chi connectivity index (χ0) is 17.5. The Kier molecular flexibility index (Phi) is 5.84. The van der Waals surface area contributed by atoms with Gasteiger partial charge >= 0.3 is 5.69 Å². The Labute approximate surface area is 143 Å². The predicted octanol–water partition coefficient (Wildman–Crippen LogP) is -0.121. The van der Waals surface area contributed by atoms with Gasteiger partial charge in [0.05, 0.1) is 6.21 Å². The second kappa shape index (κ2) is 8.06. The van der Waals surface area contributed by atoms with Gasteiger partial charge in [-0.2, -0.15) is 5.10 Å². The van der Waals surface area contributed by atoms with Crippen molar-refractivity contribution in [2.24, 2.45) is 5.10 Å². The lowest BCUT2D eigenvalue weighted by molar-refractivity contribution is -0.120. The van der Waals surface area contributed by atoms with Crippen LogP contribution >= 0.6 is 15.9 Å². The van der Waals surface area contributed by atoms with Crippen LogP contribution < -0.4 is 22.0 Å². The third-order valence-corrected chi connectivity index (χ3v) is 3.23. The van der Waals surface area contributed by atoms with E-state index in [1.165, 1.54) is 12.3 Å². The minimum atomic E-state index is -0.714. The number of phenolic OH excluding ortho intramolecular Hbond substituents is 1. The van der Waals surface area contributed by atoms with Crippen molar-refractivity contribution in [3.05, 3.63) is 49.1 Å². The van der Waals surface area contributed by atoms with Crippen LogP contribution in [-0.2, 0) is 4.79 Å². The summed E-state index contributed by atoms with van der Waals surface area (Å²) in [7, 11) is 0. The van der Waals surface area contributed by atoms with Crippen molar-refractivity contribution in [2.45, 2.75) is 6.42 Å². The quantitative estimate of drug-likeness (QED) is 0.339. The Morgan fingerprint density at radius 3 is 2.96 bits per heavy atom. The van der Waals surface area contributed by atoms with E-state index >= 15 is 0 Å². The lowest BCUT2D eigenvalue weighted by Gasteiger charge is -2.03. The second-order valence-electron chi connectivity index (χ2n) is 4.53. The molecule has 2 aromatic rings. The molecule has 0 saturated carbocycles. The molecule has 2 rings (SSSR count). The Morgan fingerprint density at radius 2 is 2.21 bits per heavy atom. The summed E-state index contributed by atoms with van der Waals surface area (Å²) in [6, 6.07) is 4.80. The first kappa shape index (κ1) is 17.4. The predicted molar refractivity (Wildman–Crippen MR) is 90.1 cm³/mol. The molecule has 24 heavy (non-hydrogen) atoms. The summed E-state index contributed by atoms with van der Waals surface area (Å²) in [5.41, 5.74) is 1.33. The Morgan fingerprint density at radius 1 is 1.42 bits per heavy atom. The number of rotatable bonds is 6. The molecule has 0 aliphatic rings. The van der Waals surface area contributed by atoms with Crippen molar-refractivity contribution < 1.29 is 9.90 Å². The summed E-state index contributed by atoms with van der Waals surface area (Å²) in [4.78, 5) is 35.8. The standard InChI is InChI=1S/C13H13BrN6O4/c14-8-1-2-9(21)7(5-8)6-16-18-10(22)3-4-15-11-12(23)17-13(24)20-19-11/h1-2,5-6,21H,3-4H2,(H,15,19)(H,18,22)(H2,17,20,23,24)/b16-6+. The monoisotopic (exact) mass is 396 g/mol. The minimum Gasteiger partial charge on any atom is -0.507 e. The molecule has 10 nitrogen and oxygen atoms in total. The maximum absolute atomic E-state index is 11.6. The van der Waals surface area contributed by atoms with Gasteiger partial charge in [-0.15, -0.1) is 5.10 Å². The molecular weight excluding hydrogens is 384 g/mol. The summed E-state index contributed by atoms with van der Waals surface area (Å²) in [6.45, 7) is 0.117. The highest BCUT2D eigenvalue weighted by atomic mass is 79.9. The molecule has 0 atom stereocenters. The number of benzene rings is 1. The third-order valence-electron chi connectivity index (χ3n) is 2.74. The van der Waals surface area contributed by atoms with Crippen molar-refractivity contribution in [1.29, 1.82) is 0 Å². The van der Waals surface area contributed by atoms with Crippen molar-refractivity contribution in [3.8, 4) is 5.75 Å². The van der Waals surface area contributed by atoms with E-state index in [0.717, 1.165) is 4.47 Å². The number of amides is 1. The maximum atomic E-state index is 11.6. The average Bonchev–Trinajstić information content (AvgIpc) is 2.53. The van der Waals surface area contributed by atoms with Crippen LogP contribution in [-0.4, -0.2) is 39.0 Å². The fourth-order valence-corrected chi connectivity index (χ4v) is 2.00. The number of phenols is 1. The highest BCUT2D eigenvalue weighted by Crippen LogP contribution is 2.19. The average molecular weight is 397 g/mol. The molecule has 11 heteroatoms. The number of aromatic amines is 2. The molecule has 126 valence electrons. The number of hydrogen-bond donors (Lipinski definition) is 5. The smallest absolute Gasteiger partial charge is 0.342 e. The van der Waals surface area contributed by atoms with Crippen LogP contribution in [0.2, 0.25) is 0 Å². The SMILES string of the molecule is O=C(CCNc1n[nH]c(=O)[nH]c1=O)N/N=C/c1cc(Br)ccc1O. The molecule has 0 fully saturated rings. The molecule has 0 aliphatic heterocycles. The van der Waals surface area contributed by atoms with Crippen molar-refractivity contribution in [3.63, 3.8) is 0 Å². The normalized spacial score (nSPS) is 10.7. The van der Waals surface area contributed by atoms with E-state index in [0.29, 0.717) is 5.56 Å². The molecule has 0 bridgehead atoms. The Bertz CT molecular complexity index is 875. The summed E-state index contributed by atoms with van der Waals surface area (Å²) >= 11 is 3.26. The van der Waals surface area contributed by atoms with Gasteiger partial charge in [-0.1, -0.05) is 15.9 Å². The van der Waals surface area contributed by atoms with Gasteiger partial charge in [0.2, 0.25) is 11.7 Å². The van der Waals surface area contributed by atoms with E-state index < -0.39 is 17.2 Å². The van der Waals surface area contributed by atoms with Gasteiger partial charge in [0, 0.05) is 23.0 Å². The van der Waals surface area contributed by atoms with Crippen LogP contribution in [0.1, 0.15) is 12.0 Å². The van der Waals surface area contributed by atoms with Crippen molar-refractivity contribution in [2.75, 3.05) is 11.9 Å². The third kappa shape index (κ3) is 5.05. The van der Waals surface area contributed by atoms with Gasteiger partial charge in [-0.05, 0) is 18.2 Å². The highest BCUT2D eigenvalue weighted by molar-refractivity contribution is 9.10. The first-order valence-electron chi connectivity index (χ1n) is 6.69. The number of anilines is 1. The lowest BCUT2D eigenvalue weighted by atomic mass is 10.2. The van der Waals surface area contributed by atoms with E-state index in [1.54, 1.807) is 12.1 Å². The molecule has 0 spiro atoms. The number of H-pyrrole nitrogens is 2. The number of carbonyl (C=O) groups is 1. The summed E-state index contributed by atoms with van der Waals surface area (Å²) in [6.07, 6.45) is 1.32. The van der Waals surface area contributed by atoms with Crippen LogP contribution in [0.4, 0.5) is 5.82 Å². The number of nitrogens with one attached hydrogen (secondary N) is 4. The largest absolute Gasteiger partial charge is 0.507 e. The number of halogens is 1. The molecule has 0 saturated heterocycles. The number of hydrogen-bond acceptors (Lipinski definition) is 7. The fourth-order valence-electron chi connectivity index (χ4n) is 1.62. The van der Waals surface area contributed by atoms with Gasteiger partial charge in [-0.25, -0.2) is 15.3 Å². The molecular formula is C13H13BrN6O4. The summed E-state index contributed by atoms with van der Waals surface area (Å²) in [5.74, 6) is -0.472. The van der Waals surface area contributed by atoms with Crippen LogP contribution in [0.3, 0.4) is 0 Å². The van der Waals surface area contributed by atoms with E-state index in [9.17, 15) is 19.5 Å². The molecule has 0 unspecified atom stereocenters. The first-order chi connectivity index (χ1) is 11.5. The minimum absolute atomic E-state index is 0.0159. The number of nitrogens with zero attached hydrogens (tertiary/aromatic N) is 2.